The molecule has 0 bridgehead atoms. The van der Waals surface area contributed by atoms with E-state index in [-0.39, 0.29) is 22.9 Å². The lowest BCUT2D eigenvalue weighted by molar-refractivity contribution is 0.0795. The second-order valence-corrected chi connectivity index (χ2v) is 9.35. The summed E-state index contributed by atoms with van der Waals surface area (Å²) < 4.78 is 5.62. The maximum absolute atomic E-state index is 13.4. The number of ether oxygens (including phenoxy) is 1. The van der Waals surface area contributed by atoms with Gasteiger partial charge in [0.15, 0.2) is 5.75 Å². The molecular weight excluding hydrogens is 504 g/mol. The Kier molecular flexibility index (Phi) is 9.11. The third kappa shape index (κ3) is 6.12. The smallest absolute Gasteiger partial charge is 0.259 e. The first kappa shape index (κ1) is 28.3. The molecule has 4 aromatic rings. The molecule has 0 aliphatic carbocycles. The summed E-state index contributed by atoms with van der Waals surface area (Å²) in [5.74, 6) is -0.362. The van der Waals surface area contributed by atoms with Gasteiger partial charge in [-0.2, -0.15) is 5.11 Å². The van der Waals surface area contributed by atoms with Crippen LogP contribution in [-0.4, -0.2) is 42.0 Å². The zero-order chi connectivity index (χ0) is 28.6. The average molecular weight is 539 g/mol. The number of aromatic hydroxyl groups is 1. The molecule has 2 amide bonds. The van der Waals surface area contributed by atoms with Crippen molar-refractivity contribution in [3.8, 4) is 11.5 Å². The Bertz CT molecular complexity index is 1560. The fourth-order valence-corrected chi connectivity index (χ4v) is 4.48. The number of hydrogen-bond acceptors (Lipinski definition) is 6. The molecule has 0 spiro atoms. The number of anilines is 1. The molecule has 0 aromatic heterocycles. The highest BCUT2D eigenvalue weighted by Crippen LogP contribution is 2.40. The van der Waals surface area contributed by atoms with Crippen LogP contribution in [0.3, 0.4) is 0 Å². The maximum atomic E-state index is 13.4. The van der Waals surface area contributed by atoms with E-state index in [0.29, 0.717) is 47.6 Å². The first-order chi connectivity index (χ1) is 19.4. The molecule has 0 atom stereocenters. The molecule has 4 rings (SSSR count). The number of aryl methyl sites for hydroxylation is 1. The summed E-state index contributed by atoms with van der Waals surface area (Å²) in [6.45, 7) is 6.97. The number of azo groups is 1. The molecule has 206 valence electrons. The van der Waals surface area contributed by atoms with E-state index >= 15 is 0 Å². The number of amides is 2. The number of hydrogen-bond donors (Lipinski definition) is 2. The molecule has 0 heterocycles. The van der Waals surface area contributed by atoms with Gasteiger partial charge in [0.1, 0.15) is 11.4 Å². The van der Waals surface area contributed by atoms with Crippen molar-refractivity contribution >= 4 is 39.6 Å². The van der Waals surface area contributed by atoms with Crippen molar-refractivity contribution in [1.29, 1.82) is 0 Å². The fraction of sp³-hybridized carbons (Fsp3) is 0.250. The van der Waals surface area contributed by atoms with E-state index in [1.54, 1.807) is 48.3 Å². The van der Waals surface area contributed by atoms with Gasteiger partial charge in [-0.25, -0.2) is 0 Å². The predicted molar refractivity (Wildman–Crippen MR) is 158 cm³/mol. The van der Waals surface area contributed by atoms with Gasteiger partial charge in [0, 0.05) is 24.5 Å². The molecule has 8 heteroatoms. The van der Waals surface area contributed by atoms with Crippen molar-refractivity contribution in [3.05, 3.63) is 89.5 Å². The highest BCUT2D eigenvalue weighted by molar-refractivity contribution is 6.12. The minimum Gasteiger partial charge on any atom is -0.505 e. The van der Waals surface area contributed by atoms with Gasteiger partial charge in [0.25, 0.3) is 11.8 Å². The average Bonchev–Trinajstić information content (AvgIpc) is 2.97. The van der Waals surface area contributed by atoms with E-state index in [0.717, 1.165) is 17.4 Å². The normalized spacial score (nSPS) is 11.1. The Morgan fingerprint density at radius 2 is 1.70 bits per heavy atom. The predicted octanol–water partition coefficient (Wildman–Crippen LogP) is 7.66. The quantitative estimate of drug-likeness (QED) is 0.202. The summed E-state index contributed by atoms with van der Waals surface area (Å²) in [6, 6.07) is 21.5. The molecule has 4 aromatic carbocycles. The summed E-state index contributed by atoms with van der Waals surface area (Å²) in [7, 11) is 1.77. The minimum atomic E-state index is -0.507. The SMILES string of the molecule is CCCN(C)C(=O)c1ccc(CC)c(/N=N/c2c(O)c(C(=O)Nc3ccccc3OCC)cc3ccccc23)c1. The number of phenolic OH excluding ortho intramolecular Hbond substituents is 1. The monoisotopic (exact) mass is 538 g/mol. The van der Waals surface area contributed by atoms with Crippen LogP contribution < -0.4 is 10.1 Å². The number of carbonyl (C=O) groups excluding carboxylic acids is 2. The Morgan fingerprint density at radius 3 is 2.45 bits per heavy atom. The van der Waals surface area contributed by atoms with E-state index in [1.165, 1.54) is 0 Å². The van der Waals surface area contributed by atoms with Crippen LogP contribution in [0, 0.1) is 0 Å². The third-order valence-corrected chi connectivity index (χ3v) is 6.55. The molecular formula is C32H34N4O4. The first-order valence-corrected chi connectivity index (χ1v) is 13.5. The number of para-hydroxylation sites is 2. The van der Waals surface area contributed by atoms with Crippen LogP contribution in [0.4, 0.5) is 17.1 Å². The molecule has 0 aliphatic rings. The lowest BCUT2D eigenvalue weighted by atomic mass is 10.0. The fourth-order valence-electron chi connectivity index (χ4n) is 4.48. The number of nitrogens with zero attached hydrogens (tertiary/aromatic N) is 3. The van der Waals surface area contributed by atoms with E-state index < -0.39 is 5.91 Å². The van der Waals surface area contributed by atoms with Gasteiger partial charge in [0.2, 0.25) is 0 Å². The molecule has 0 saturated heterocycles. The molecule has 8 nitrogen and oxygen atoms in total. The van der Waals surface area contributed by atoms with Crippen LogP contribution in [-0.2, 0) is 6.42 Å². The van der Waals surface area contributed by atoms with Gasteiger partial charge in [-0.1, -0.05) is 56.3 Å². The van der Waals surface area contributed by atoms with Crippen LogP contribution in [0.15, 0.2) is 83.0 Å². The first-order valence-electron chi connectivity index (χ1n) is 13.5. The number of nitrogens with one attached hydrogen (secondary N) is 1. The summed E-state index contributed by atoms with van der Waals surface area (Å²) >= 11 is 0. The second kappa shape index (κ2) is 12.9. The van der Waals surface area contributed by atoms with E-state index in [1.807, 2.05) is 57.2 Å². The summed E-state index contributed by atoms with van der Waals surface area (Å²) in [5.41, 5.74) is 2.67. The van der Waals surface area contributed by atoms with Gasteiger partial charge in [-0.05, 0) is 61.0 Å². The topological polar surface area (TPSA) is 104 Å². The third-order valence-electron chi connectivity index (χ3n) is 6.55. The van der Waals surface area contributed by atoms with E-state index in [9.17, 15) is 14.7 Å². The van der Waals surface area contributed by atoms with Crippen molar-refractivity contribution in [2.75, 3.05) is 25.5 Å². The molecule has 0 unspecified atom stereocenters. The summed E-state index contributed by atoms with van der Waals surface area (Å²) in [5, 5.41) is 24.4. The highest BCUT2D eigenvalue weighted by Gasteiger charge is 2.20. The molecule has 40 heavy (non-hydrogen) atoms. The standard InChI is InChI=1S/C32H34N4O4/c1-5-18-36(4)32(39)23-17-16-21(6-2)27(20-23)34-35-29-24-13-9-8-12-22(24)19-25(30(29)37)31(38)33-26-14-10-11-15-28(26)40-7-3/h8-17,19-20,37H,5-7,18H2,1-4H3,(H,33,38)/b35-34+. The molecule has 0 radical (unpaired) electrons. The van der Waals surface area contributed by atoms with Gasteiger partial charge in [0.05, 0.1) is 23.5 Å². The van der Waals surface area contributed by atoms with Crippen LogP contribution in [0.5, 0.6) is 11.5 Å². The van der Waals surface area contributed by atoms with Gasteiger partial charge >= 0.3 is 0 Å². The van der Waals surface area contributed by atoms with Gasteiger partial charge in [-0.15, -0.1) is 5.11 Å². The van der Waals surface area contributed by atoms with E-state index in [2.05, 4.69) is 15.5 Å². The van der Waals surface area contributed by atoms with Crippen molar-refractivity contribution in [1.82, 2.24) is 4.90 Å². The molecule has 0 fully saturated rings. The van der Waals surface area contributed by atoms with Crippen molar-refractivity contribution < 1.29 is 19.4 Å². The summed E-state index contributed by atoms with van der Waals surface area (Å²) in [4.78, 5) is 27.9. The Hall–Kier alpha value is -4.72. The minimum absolute atomic E-state index is 0.0554. The molecule has 0 aliphatic heterocycles. The van der Waals surface area contributed by atoms with E-state index in [4.69, 9.17) is 4.74 Å². The van der Waals surface area contributed by atoms with Gasteiger partial charge < -0.3 is 20.1 Å². The highest BCUT2D eigenvalue weighted by atomic mass is 16.5. The van der Waals surface area contributed by atoms with Crippen molar-refractivity contribution in [3.63, 3.8) is 0 Å². The van der Waals surface area contributed by atoms with Gasteiger partial charge in [-0.3, -0.25) is 9.59 Å². The van der Waals surface area contributed by atoms with Crippen molar-refractivity contribution in [2.24, 2.45) is 10.2 Å². The van der Waals surface area contributed by atoms with Crippen molar-refractivity contribution in [2.45, 2.75) is 33.6 Å². The number of fused-ring (bicyclic) bond motifs is 1. The van der Waals surface area contributed by atoms with Crippen LogP contribution in [0.25, 0.3) is 10.8 Å². The zero-order valence-electron chi connectivity index (χ0n) is 23.3. The summed E-state index contributed by atoms with van der Waals surface area (Å²) in [6.07, 6.45) is 1.54. The second-order valence-electron chi connectivity index (χ2n) is 9.35. The molecule has 2 N–H and O–H groups in total. The number of carbonyl (C=O) groups is 2. The number of benzene rings is 4. The van der Waals surface area contributed by atoms with Crippen LogP contribution in [0.1, 0.15) is 53.5 Å². The lowest BCUT2D eigenvalue weighted by Gasteiger charge is -2.16. The largest absolute Gasteiger partial charge is 0.505 e. The lowest BCUT2D eigenvalue weighted by Crippen LogP contribution is -2.27. The maximum Gasteiger partial charge on any atom is 0.259 e. The Balaban J connectivity index is 1.75. The Morgan fingerprint density at radius 1 is 0.950 bits per heavy atom. The zero-order valence-corrected chi connectivity index (χ0v) is 23.3. The van der Waals surface area contributed by atoms with Crippen LogP contribution in [0.2, 0.25) is 0 Å². The molecule has 0 saturated carbocycles. The van der Waals surface area contributed by atoms with Crippen LogP contribution >= 0.6 is 0 Å². The number of rotatable bonds is 10. The Labute approximate surface area is 234 Å². The number of phenols is 1.